The average molecular weight is 288 g/mol. The lowest BCUT2D eigenvalue weighted by Crippen LogP contribution is -2.46. The van der Waals surface area contributed by atoms with Crippen LogP contribution >= 0.6 is 11.3 Å². The molecule has 0 atom stereocenters. The maximum absolute atomic E-state index is 12.4. The molecule has 3 rings (SSSR count). The first-order valence-electron chi connectivity index (χ1n) is 7.17. The molecule has 1 aliphatic rings. The lowest BCUT2D eigenvalue weighted by molar-refractivity contribution is 0.0887. The minimum atomic E-state index is -0.0372. The second-order valence-corrected chi connectivity index (χ2v) is 7.07. The van der Waals surface area contributed by atoms with Gasteiger partial charge < -0.3 is 11.1 Å². The first-order valence-corrected chi connectivity index (χ1v) is 7.99. The standard InChI is InChI=1S/C16H20N2OS/c1-16(7-3-2-4-8-16)18-15(19)14-10-11-9-12(17)5-6-13(11)20-14/h5-6,9-10H,2-4,7-8,17H2,1H3,(H,18,19). The summed E-state index contributed by atoms with van der Waals surface area (Å²) in [5.41, 5.74) is 6.48. The second kappa shape index (κ2) is 5.09. The van der Waals surface area contributed by atoms with Crippen LogP contribution < -0.4 is 11.1 Å². The first kappa shape index (κ1) is 13.4. The summed E-state index contributed by atoms with van der Waals surface area (Å²) in [7, 11) is 0. The molecule has 0 bridgehead atoms. The summed E-state index contributed by atoms with van der Waals surface area (Å²) in [6.07, 6.45) is 5.86. The molecule has 1 aromatic carbocycles. The van der Waals surface area contributed by atoms with Crippen molar-refractivity contribution in [1.82, 2.24) is 5.32 Å². The predicted molar refractivity (Wildman–Crippen MR) is 85.2 cm³/mol. The Morgan fingerprint density at radius 2 is 2.00 bits per heavy atom. The maximum Gasteiger partial charge on any atom is 0.261 e. The number of hydrogen-bond donors (Lipinski definition) is 2. The van der Waals surface area contributed by atoms with Crippen molar-refractivity contribution in [2.75, 3.05) is 5.73 Å². The molecule has 0 spiro atoms. The van der Waals surface area contributed by atoms with Crippen LogP contribution in [-0.4, -0.2) is 11.4 Å². The SMILES string of the molecule is CC1(NC(=O)c2cc3cc(N)ccc3s2)CCCCC1. The molecule has 0 saturated heterocycles. The molecule has 20 heavy (non-hydrogen) atoms. The Morgan fingerprint density at radius 3 is 2.75 bits per heavy atom. The molecule has 0 radical (unpaired) electrons. The molecule has 106 valence electrons. The third-order valence-electron chi connectivity index (χ3n) is 4.14. The topological polar surface area (TPSA) is 55.1 Å². The van der Waals surface area contributed by atoms with Crippen LogP contribution in [0.2, 0.25) is 0 Å². The van der Waals surface area contributed by atoms with Crippen molar-refractivity contribution in [3.63, 3.8) is 0 Å². The van der Waals surface area contributed by atoms with Gasteiger partial charge in [-0.15, -0.1) is 11.3 Å². The number of carbonyl (C=O) groups excluding carboxylic acids is 1. The number of anilines is 1. The fraction of sp³-hybridized carbons (Fsp3) is 0.438. The van der Waals surface area contributed by atoms with Crippen molar-refractivity contribution in [2.45, 2.75) is 44.6 Å². The second-order valence-electron chi connectivity index (χ2n) is 5.98. The predicted octanol–water partition coefficient (Wildman–Crippen LogP) is 3.94. The quantitative estimate of drug-likeness (QED) is 0.822. The summed E-state index contributed by atoms with van der Waals surface area (Å²) < 4.78 is 1.11. The normalized spacial score (nSPS) is 18.1. The van der Waals surface area contributed by atoms with Gasteiger partial charge in [0.2, 0.25) is 0 Å². The third kappa shape index (κ3) is 2.66. The highest BCUT2D eigenvalue weighted by Gasteiger charge is 2.29. The summed E-state index contributed by atoms with van der Waals surface area (Å²) in [5, 5.41) is 4.28. The molecule has 1 amide bonds. The van der Waals surface area contributed by atoms with E-state index in [2.05, 4.69) is 12.2 Å². The number of benzene rings is 1. The smallest absolute Gasteiger partial charge is 0.261 e. The van der Waals surface area contributed by atoms with E-state index in [1.54, 1.807) is 0 Å². The zero-order valence-electron chi connectivity index (χ0n) is 11.7. The number of rotatable bonds is 2. The van der Waals surface area contributed by atoms with Gasteiger partial charge in [0.25, 0.3) is 5.91 Å². The maximum atomic E-state index is 12.4. The monoisotopic (exact) mass is 288 g/mol. The van der Waals surface area contributed by atoms with Crippen molar-refractivity contribution < 1.29 is 4.79 Å². The Kier molecular flexibility index (Phi) is 3.42. The van der Waals surface area contributed by atoms with E-state index < -0.39 is 0 Å². The number of amides is 1. The number of fused-ring (bicyclic) bond motifs is 1. The van der Waals surface area contributed by atoms with Crippen LogP contribution in [-0.2, 0) is 0 Å². The Labute approximate surface area is 123 Å². The molecule has 3 N–H and O–H groups in total. The molecular weight excluding hydrogens is 268 g/mol. The number of nitrogens with two attached hydrogens (primary N) is 1. The fourth-order valence-electron chi connectivity index (χ4n) is 2.97. The summed E-state index contributed by atoms with van der Waals surface area (Å²) in [6.45, 7) is 2.16. The van der Waals surface area contributed by atoms with Gasteiger partial charge >= 0.3 is 0 Å². The largest absolute Gasteiger partial charge is 0.399 e. The Morgan fingerprint density at radius 1 is 1.25 bits per heavy atom. The summed E-state index contributed by atoms with van der Waals surface area (Å²) in [5.74, 6) is 0.0502. The van der Waals surface area contributed by atoms with Gasteiger partial charge in [-0.25, -0.2) is 0 Å². The highest BCUT2D eigenvalue weighted by molar-refractivity contribution is 7.20. The van der Waals surface area contributed by atoms with E-state index >= 15 is 0 Å². The lowest BCUT2D eigenvalue weighted by Gasteiger charge is -2.34. The van der Waals surface area contributed by atoms with Gasteiger partial charge in [0.15, 0.2) is 0 Å². The van der Waals surface area contributed by atoms with E-state index in [9.17, 15) is 4.79 Å². The zero-order chi connectivity index (χ0) is 14.2. The number of thiophene rings is 1. The van der Waals surface area contributed by atoms with Crippen molar-refractivity contribution in [3.05, 3.63) is 29.1 Å². The Bertz CT molecular complexity index is 641. The molecular formula is C16H20N2OS. The molecule has 4 heteroatoms. The number of nitrogens with one attached hydrogen (secondary N) is 1. The summed E-state index contributed by atoms with van der Waals surface area (Å²) in [6, 6.07) is 7.72. The average Bonchev–Trinajstić information content (AvgIpc) is 2.82. The molecule has 1 saturated carbocycles. The van der Waals surface area contributed by atoms with Crippen LogP contribution in [0.5, 0.6) is 0 Å². The van der Waals surface area contributed by atoms with Gasteiger partial charge in [-0.1, -0.05) is 19.3 Å². The number of hydrogen-bond acceptors (Lipinski definition) is 3. The van der Waals surface area contributed by atoms with Gasteiger partial charge in [-0.2, -0.15) is 0 Å². The van der Waals surface area contributed by atoms with Crippen molar-refractivity contribution in [2.24, 2.45) is 0 Å². The van der Waals surface area contributed by atoms with Crippen LogP contribution in [0.15, 0.2) is 24.3 Å². The van der Waals surface area contributed by atoms with Gasteiger partial charge in [0.1, 0.15) is 0 Å². The molecule has 2 aromatic rings. The highest BCUT2D eigenvalue weighted by atomic mass is 32.1. The first-order chi connectivity index (χ1) is 9.56. The summed E-state index contributed by atoms with van der Waals surface area (Å²) in [4.78, 5) is 13.2. The molecule has 0 aliphatic heterocycles. The lowest BCUT2D eigenvalue weighted by atomic mass is 9.83. The Balaban J connectivity index is 1.81. The van der Waals surface area contributed by atoms with Gasteiger partial charge in [-0.3, -0.25) is 4.79 Å². The van der Waals surface area contributed by atoms with Crippen LogP contribution in [0, 0.1) is 0 Å². The van der Waals surface area contributed by atoms with Crippen LogP contribution in [0.4, 0.5) is 5.69 Å². The van der Waals surface area contributed by atoms with Crippen molar-refractivity contribution in [1.29, 1.82) is 0 Å². The molecule has 3 nitrogen and oxygen atoms in total. The number of nitrogen functional groups attached to an aromatic ring is 1. The van der Waals surface area contributed by atoms with Crippen LogP contribution in [0.3, 0.4) is 0 Å². The van der Waals surface area contributed by atoms with E-state index in [1.807, 2.05) is 24.3 Å². The van der Waals surface area contributed by atoms with Crippen molar-refractivity contribution >= 4 is 33.0 Å². The molecule has 1 fully saturated rings. The molecule has 1 heterocycles. The molecule has 1 aliphatic carbocycles. The zero-order valence-corrected chi connectivity index (χ0v) is 12.6. The van der Waals surface area contributed by atoms with E-state index in [1.165, 1.54) is 30.6 Å². The number of carbonyl (C=O) groups is 1. The minimum Gasteiger partial charge on any atom is -0.399 e. The van der Waals surface area contributed by atoms with E-state index in [0.717, 1.165) is 33.5 Å². The van der Waals surface area contributed by atoms with E-state index in [-0.39, 0.29) is 11.4 Å². The summed E-state index contributed by atoms with van der Waals surface area (Å²) >= 11 is 1.53. The fourth-order valence-corrected chi connectivity index (χ4v) is 3.90. The van der Waals surface area contributed by atoms with Crippen LogP contribution in [0.25, 0.3) is 10.1 Å². The van der Waals surface area contributed by atoms with Gasteiger partial charge in [0, 0.05) is 15.9 Å². The Hall–Kier alpha value is -1.55. The highest BCUT2D eigenvalue weighted by Crippen LogP contribution is 2.30. The minimum absolute atomic E-state index is 0.0372. The van der Waals surface area contributed by atoms with E-state index in [4.69, 9.17) is 5.73 Å². The van der Waals surface area contributed by atoms with E-state index in [0.29, 0.717) is 0 Å². The van der Waals surface area contributed by atoms with Gasteiger partial charge in [-0.05, 0) is 49.4 Å². The molecule has 1 aromatic heterocycles. The third-order valence-corrected chi connectivity index (χ3v) is 5.25. The van der Waals surface area contributed by atoms with Crippen LogP contribution in [0.1, 0.15) is 48.7 Å². The molecule has 0 unspecified atom stereocenters. The van der Waals surface area contributed by atoms with Crippen molar-refractivity contribution in [3.8, 4) is 0 Å². The van der Waals surface area contributed by atoms with Gasteiger partial charge in [0.05, 0.1) is 4.88 Å².